The third-order valence-electron chi connectivity index (χ3n) is 5.05. The van der Waals surface area contributed by atoms with E-state index in [1.165, 1.54) is 0 Å². The highest BCUT2D eigenvalue weighted by Crippen LogP contribution is 2.30. The molecule has 1 saturated heterocycles. The first-order valence-electron chi connectivity index (χ1n) is 9.30. The number of carbonyl (C=O) groups excluding carboxylic acids is 1. The van der Waals surface area contributed by atoms with Gasteiger partial charge in [0.05, 0.1) is 16.3 Å². The molecule has 0 aliphatic carbocycles. The average molecular weight is 390 g/mol. The van der Waals surface area contributed by atoms with Crippen LogP contribution >= 0.6 is 11.3 Å². The Labute approximate surface area is 165 Å². The van der Waals surface area contributed by atoms with Crippen molar-refractivity contribution in [2.24, 2.45) is 0 Å². The Morgan fingerprint density at radius 3 is 2.93 bits per heavy atom. The zero-order valence-corrected chi connectivity index (χ0v) is 15.9. The Morgan fingerprint density at radius 1 is 1.11 bits per heavy atom. The molecule has 1 aliphatic heterocycles. The molecule has 5 rings (SSSR count). The summed E-state index contributed by atoms with van der Waals surface area (Å²) in [5.74, 6) is 1.16. The topological polar surface area (TPSA) is 72.1 Å². The molecular weight excluding hydrogens is 372 g/mol. The number of nitrogens with zero attached hydrogens (tertiary/aromatic N) is 4. The molecule has 6 nitrogen and oxygen atoms in total. The van der Waals surface area contributed by atoms with Crippen LogP contribution in [0.15, 0.2) is 58.3 Å². The number of piperidine rings is 1. The molecule has 1 unspecified atom stereocenters. The molecule has 140 valence electrons. The zero-order valence-electron chi connectivity index (χ0n) is 15.1. The highest BCUT2D eigenvalue weighted by atomic mass is 32.1. The number of fused-ring (bicyclic) bond motifs is 1. The Kier molecular flexibility index (Phi) is 4.37. The van der Waals surface area contributed by atoms with Crippen LogP contribution in [0, 0.1) is 0 Å². The predicted octanol–water partition coefficient (Wildman–Crippen LogP) is 4.37. The molecule has 4 heterocycles. The summed E-state index contributed by atoms with van der Waals surface area (Å²) in [6, 6.07) is 15.5. The first-order chi connectivity index (χ1) is 13.8. The number of amides is 1. The van der Waals surface area contributed by atoms with Gasteiger partial charge in [0, 0.05) is 18.5 Å². The van der Waals surface area contributed by atoms with Gasteiger partial charge in [0.2, 0.25) is 5.89 Å². The number of thiophene rings is 1. The summed E-state index contributed by atoms with van der Waals surface area (Å²) in [5, 5.41) is 11.4. The molecule has 28 heavy (non-hydrogen) atoms. The van der Waals surface area contributed by atoms with Crippen molar-refractivity contribution in [3.8, 4) is 10.8 Å². The van der Waals surface area contributed by atoms with Crippen LogP contribution in [0.5, 0.6) is 0 Å². The summed E-state index contributed by atoms with van der Waals surface area (Å²) in [4.78, 5) is 20.4. The van der Waals surface area contributed by atoms with Crippen molar-refractivity contribution < 1.29 is 9.21 Å². The van der Waals surface area contributed by atoms with Gasteiger partial charge < -0.3 is 9.32 Å². The van der Waals surface area contributed by atoms with Crippen molar-refractivity contribution in [3.63, 3.8) is 0 Å². The van der Waals surface area contributed by atoms with Gasteiger partial charge in [-0.05, 0) is 36.4 Å². The van der Waals surface area contributed by atoms with Crippen LogP contribution < -0.4 is 0 Å². The van der Waals surface area contributed by atoms with Crippen molar-refractivity contribution in [2.75, 3.05) is 13.1 Å². The molecule has 1 fully saturated rings. The first-order valence-corrected chi connectivity index (χ1v) is 10.2. The predicted molar refractivity (Wildman–Crippen MR) is 107 cm³/mol. The van der Waals surface area contributed by atoms with E-state index in [1.54, 1.807) is 17.4 Å². The van der Waals surface area contributed by atoms with Gasteiger partial charge in [-0.3, -0.25) is 4.79 Å². The van der Waals surface area contributed by atoms with Gasteiger partial charge >= 0.3 is 0 Å². The third-order valence-corrected chi connectivity index (χ3v) is 5.91. The van der Waals surface area contributed by atoms with Gasteiger partial charge in [-0.1, -0.05) is 30.3 Å². The van der Waals surface area contributed by atoms with Crippen LogP contribution in [0.3, 0.4) is 0 Å². The van der Waals surface area contributed by atoms with Crippen LogP contribution in [-0.2, 0) is 0 Å². The van der Waals surface area contributed by atoms with Crippen LogP contribution in [0.2, 0.25) is 0 Å². The number of rotatable bonds is 3. The van der Waals surface area contributed by atoms with E-state index in [1.807, 2.05) is 52.7 Å². The van der Waals surface area contributed by atoms with Crippen molar-refractivity contribution in [1.29, 1.82) is 0 Å². The molecule has 1 amide bonds. The molecule has 0 radical (unpaired) electrons. The van der Waals surface area contributed by atoms with Crippen LogP contribution in [0.1, 0.15) is 35.1 Å². The highest BCUT2D eigenvalue weighted by Gasteiger charge is 2.29. The van der Waals surface area contributed by atoms with Crippen molar-refractivity contribution >= 4 is 28.1 Å². The number of benzene rings is 1. The second-order valence-corrected chi connectivity index (χ2v) is 7.85. The van der Waals surface area contributed by atoms with Crippen molar-refractivity contribution in [3.05, 3.63) is 65.5 Å². The van der Waals surface area contributed by atoms with Gasteiger partial charge in [-0.2, -0.15) is 0 Å². The number of likely N-dealkylation sites (tertiary alicyclic amines) is 1. The second-order valence-electron chi connectivity index (χ2n) is 6.90. The maximum absolute atomic E-state index is 13.0. The molecule has 1 aliphatic rings. The lowest BCUT2D eigenvalue weighted by Gasteiger charge is -2.30. The number of pyridine rings is 1. The molecule has 0 N–H and O–H groups in total. The molecule has 3 aromatic heterocycles. The fraction of sp³-hybridized carbons (Fsp3) is 0.238. The molecule has 1 atom stereocenters. The highest BCUT2D eigenvalue weighted by molar-refractivity contribution is 7.13. The number of hydrogen-bond donors (Lipinski definition) is 0. The third kappa shape index (κ3) is 3.18. The van der Waals surface area contributed by atoms with Crippen LogP contribution in [0.25, 0.3) is 21.7 Å². The maximum Gasteiger partial charge on any atom is 0.272 e. The summed E-state index contributed by atoms with van der Waals surface area (Å²) in [6.45, 7) is 1.29. The minimum Gasteiger partial charge on any atom is -0.420 e. The lowest BCUT2D eigenvalue weighted by atomic mass is 9.97. The van der Waals surface area contributed by atoms with E-state index in [-0.39, 0.29) is 11.8 Å². The fourth-order valence-electron chi connectivity index (χ4n) is 3.61. The second kappa shape index (κ2) is 7.16. The summed E-state index contributed by atoms with van der Waals surface area (Å²) in [6.07, 6.45) is 1.84. The fourth-order valence-corrected chi connectivity index (χ4v) is 4.25. The molecule has 0 bridgehead atoms. The van der Waals surface area contributed by atoms with Gasteiger partial charge in [0.1, 0.15) is 5.69 Å². The summed E-state index contributed by atoms with van der Waals surface area (Å²) in [7, 11) is 0. The molecule has 7 heteroatoms. The van der Waals surface area contributed by atoms with Gasteiger partial charge in [-0.25, -0.2) is 4.98 Å². The molecule has 0 saturated carbocycles. The van der Waals surface area contributed by atoms with E-state index in [4.69, 9.17) is 4.42 Å². The smallest absolute Gasteiger partial charge is 0.272 e. The van der Waals surface area contributed by atoms with Gasteiger partial charge in [-0.15, -0.1) is 21.5 Å². The summed E-state index contributed by atoms with van der Waals surface area (Å²) >= 11 is 1.57. The van der Waals surface area contributed by atoms with E-state index in [0.29, 0.717) is 24.0 Å². The van der Waals surface area contributed by atoms with Crippen molar-refractivity contribution in [1.82, 2.24) is 20.1 Å². The molecule has 0 spiro atoms. The molecular formula is C21H18N4O2S. The number of para-hydroxylation sites is 1. The first kappa shape index (κ1) is 17.1. The van der Waals surface area contributed by atoms with Gasteiger partial charge in [0.25, 0.3) is 11.8 Å². The molecule has 1 aromatic carbocycles. The van der Waals surface area contributed by atoms with Crippen molar-refractivity contribution in [2.45, 2.75) is 18.8 Å². The minimum atomic E-state index is -0.0477. The van der Waals surface area contributed by atoms with Crippen LogP contribution in [0.4, 0.5) is 0 Å². The number of carbonyl (C=O) groups is 1. The monoisotopic (exact) mass is 390 g/mol. The number of hydrogen-bond acceptors (Lipinski definition) is 6. The van der Waals surface area contributed by atoms with E-state index >= 15 is 0 Å². The summed E-state index contributed by atoms with van der Waals surface area (Å²) < 4.78 is 5.89. The van der Waals surface area contributed by atoms with E-state index in [0.717, 1.165) is 35.2 Å². The van der Waals surface area contributed by atoms with Crippen LogP contribution in [-0.4, -0.2) is 39.1 Å². The van der Waals surface area contributed by atoms with E-state index in [9.17, 15) is 4.79 Å². The lowest BCUT2D eigenvalue weighted by molar-refractivity contribution is 0.0693. The average Bonchev–Trinajstić information content (AvgIpc) is 3.45. The minimum absolute atomic E-state index is 0.0477. The Balaban J connectivity index is 1.35. The lowest BCUT2D eigenvalue weighted by Crippen LogP contribution is -2.39. The Hall–Kier alpha value is -3.06. The SMILES string of the molecule is O=C(c1ccc2ccccc2n1)N1CCCC(c2nnc(-c3cccs3)o2)C1. The quantitative estimate of drug-likeness (QED) is 0.519. The van der Waals surface area contributed by atoms with Gasteiger partial charge in [0.15, 0.2) is 0 Å². The zero-order chi connectivity index (χ0) is 18.9. The maximum atomic E-state index is 13.0. The summed E-state index contributed by atoms with van der Waals surface area (Å²) in [5.41, 5.74) is 1.31. The normalized spacial score (nSPS) is 17.1. The van der Waals surface area contributed by atoms with E-state index < -0.39 is 0 Å². The number of aromatic nitrogens is 3. The Morgan fingerprint density at radius 2 is 2.04 bits per heavy atom. The standard InChI is InChI=1S/C21H18N4O2S/c26-21(17-10-9-14-5-1-2-7-16(14)22-17)25-11-3-6-15(13-25)19-23-24-20(27-19)18-8-4-12-28-18/h1-2,4-5,7-10,12,15H,3,6,11,13H2. The van der Waals surface area contributed by atoms with E-state index in [2.05, 4.69) is 15.2 Å². The Bertz CT molecular complexity index is 1120. The largest absolute Gasteiger partial charge is 0.420 e. The molecule has 4 aromatic rings.